The quantitative estimate of drug-likeness (QED) is 0.611. The van der Waals surface area contributed by atoms with Crippen molar-refractivity contribution < 1.29 is 0 Å². The van der Waals surface area contributed by atoms with E-state index >= 15 is 0 Å². The summed E-state index contributed by atoms with van der Waals surface area (Å²) in [5, 5.41) is 7.60. The highest BCUT2D eigenvalue weighted by molar-refractivity contribution is 5.37. The molecule has 0 bridgehead atoms. The first-order chi connectivity index (χ1) is 5.27. The molecular weight excluding hydrogens is 138 g/mol. The van der Waals surface area contributed by atoms with E-state index in [1.54, 1.807) is 0 Å². The molecule has 0 spiro atoms. The predicted octanol–water partition coefficient (Wildman–Crippen LogP) is 1.65. The molecule has 60 valence electrons. The van der Waals surface area contributed by atoms with Gasteiger partial charge in [-0.25, -0.2) is 4.68 Å². The molecule has 1 aromatic rings. The number of nitrogens with zero attached hydrogens (tertiary/aromatic N) is 2. The first kappa shape index (κ1) is 6.70. The van der Waals surface area contributed by atoms with Crippen LogP contribution in [0.15, 0.2) is 12.3 Å². The summed E-state index contributed by atoms with van der Waals surface area (Å²) in [6.45, 7) is 4.40. The van der Waals surface area contributed by atoms with Crippen molar-refractivity contribution in [3.8, 4) is 0 Å². The molecule has 0 radical (unpaired) electrons. The van der Waals surface area contributed by atoms with Crippen molar-refractivity contribution in [2.75, 3.05) is 5.32 Å². The summed E-state index contributed by atoms with van der Waals surface area (Å²) >= 11 is 0. The van der Waals surface area contributed by atoms with Gasteiger partial charge in [-0.3, -0.25) is 0 Å². The Hall–Kier alpha value is -0.990. The highest BCUT2D eigenvalue weighted by atomic mass is 15.4. The summed E-state index contributed by atoms with van der Waals surface area (Å²) in [6.07, 6.45) is 3.01. The van der Waals surface area contributed by atoms with Crippen LogP contribution in [-0.4, -0.2) is 15.8 Å². The summed E-state index contributed by atoms with van der Waals surface area (Å²) in [6, 6.07) is 3.14. The van der Waals surface area contributed by atoms with Gasteiger partial charge in [-0.2, -0.15) is 5.10 Å². The van der Waals surface area contributed by atoms with E-state index in [1.165, 1.54) is 0 Å². The molecule has 11 heavy (non-hydrogen) atoms. The number of hydrogen-bond acceptors (Lipinski definition) is 2. The zero-order valence-electron chi connectivity index (χ0n) is 6.91. The van der Waals surface area contributed by atoms with Gasteiger partial charge in [0.25, 0.3) is 0 Å². The second kappa shape index (κ2) is 2.26. The Morgan fingerprint density at radius 2 is 2.45 bits per heavy atom. The molecule has 0 saturated heterocycles. The van der Waals surface area contributed by atoms with Gasteiger partial charge in [-0.05, 0) is 20.3 Å². The molecule has 0 aromatic carbocycles. The standard InChI is InChI=1S/C8H13N3/c1-6-5-7(2)11-8(10-6)3-4-9-11/h3-4,6-7,10H,5H2,1-2H3/t6-,7-/m0/s1. The first-order valence-corrected chi connectivity index (χ1v) is 4.07. The van der Waals surface area contributed by atoms with Crippen molar-refractivity contribution in [1.82, 2.24) is 9.78 Å². The fourth-order valence-corrected chi connectivity index (χ4v) is 1.70. The molecule has 2 rings (SSSR count). The lowest BCUT2D eigenvalue weighted by Gasteiger charge is -2.27. The molecule has 2 atom stereocenters. The summed E-state index contributed by atoms with van der Waals surface area (Å²) in [7, 11) is 0. The van der Waals surface area contributed by atoms with Crippen LogP contribution in [0, 0.1) is 0 Å². The topological polar surface area (TPSA) is 29.9 Å². The molecule has 1 aliphatic rings. The van der Waals surface area contributed by atoms with Crippen molar-refractivity contribution in [3.63, 3.8) is 0 Å². The van der Waals surface area contributed by atoms with E-state index in [1.807, 2.05) is 16.9 Å². The van der Waals surface area contributed by atoms with Crippen LogP contribution >= 0.6 is 0 Å². The second-order valence-corrected chi connectivity index (χ2v) is 3.29. The fraction of sp³-hybridized carbons (Fsp3) is 0.625. The van der Waals surface area contributed by atoms with Crippen molar-refractivity contribution in [2.45, 2.75) is 32.4 Å². The molecule has 0 saturated carbocycles. The molecule has 1 aromatic heterocycles. The van der Waals surface area contributed by atoms with E-state index in [9.17, 15) is 0 Å². The Bertz CT molecular complexity index is 254. The Labute approximate surface area is 66.4 Å². The number of aromatic nitrogens is 2. The highest BCUT2D eigenvalue weighted by Gasteiger charge is 2.19. The van der Waals surface area contributed by atoms with Gasteiger partial charge in [-0.1, -0.05) is 0 Å². The molecule has 3 heteroatoms. The average molecular weight is 151 g/mol. The minimum atomic E-state index is 0.538. The number of anilines is 1. The fourth-order valence-electron chi connectivity index (χ4n) is 1.70. The lowest BCUT2D eigenvalue weighted by Crippen LogP contribution is -2.28. The van der Waals surface area contributed by atoms with Crippen LogP contribution in [0.25, 0.3) is 0 Å². The number of nitrogens with one attached hydrogen (secondary N) is 1. The SMILES string of the molecule is C[C@H]1C[C@H](C)n2nccc2N1. The molecule has 0 amide bonds. The summed E-state index contributed by atoms with van der Waals surface area (Å²) < 4.78 is 2.04. The van der Waals surface area contributed by atoms with Crippen LogP contribution in [-0.2, 0) is 0 Å². The van der Waals surface area contributed by atoms with Gasteiger partial charge in [0.1, 0.15) is 5.82 Å². The predicted molar refractivity (Wildman–Crippen MR) is 44.6 cm³/mol. The van der Waals surface area contributed by atoms with Crippen LogP contribution < -0.4 is 5.32 Å². The maximum absolute atomic E-state index is 4.23. The molecule has 3 nitrogen and oxygen atoms in total. The number of hydrogen-bond donors (Lipinski definition) is 1. The summed E-state index contributed by atoms with van der Waals surface area (Å²) in [5.74, 6) is 1.15. The van der Waals surface area contributed by atoms with E-state index in [2.05, 4.69) is 24.3 Å². The van der Waals surface area contributed by atoms with E-state index in [-0.39, 0.29) is 0 Å². The maximum Gasteiger partial charge on any atom is 0.124 e. The van der Waals surface area contributed by atoms with E-state index in [0.717, 1.165) is 12.2 Å². The van der Waals surface area contributed by atoms with Gasteiger partial charge in [0.15, 0.2) is 0 Å². The Kier molecular flexibility index (Phi) is 1.37. The third-order valence-electron chi connectivity index (χ3n) is 2.18. The molecule has 0 aliphatic carbocycles. The van der Waals surface area contributed by atoms with Gasteiger partial charge >= 0.3 is 0 Å². The molecule has 1 N–H and O–H groups in total. The third-order valence-corrected chi connectivity index (χ3v) is 2.18. The minimum absolute atomic E-state index is 0.538. The van der Waals surface area contributed by atoms with Crippen molar-refractivity contribution >= 4 is 5.82 Å². The second-order valence-electron chi connectivity index (χ2n) is 3.29. The molecule has 0 unspecified atom stereocenters. The van der Waals surface area contributed by atoms with Crippen molar-refractivity contribution in [2.24, 2.45) is 0 Å². The molecule has 2 heterocycles. The van der Waals surface area contributed by atoms with Crippen LogP contribution in [0.1, 0.15) is 26.3 Å². The van der Waals surface area contributed by atoms with Crippen LogP contribution in [0.2, 0.25) is 0 Å². The van der Waals surface area contributed by atoms with Crippen molar-refractivity contribution in [3.05, 3.63) is 12.3 Å². The van der Waals surface area contributed by atoms with Crippen LogP contribution in [0.5, 0.6) is 0 Å². The van der Waals surface area contributed by atoms with Gasteiger partial charge in [0.2, 0.25) is 0 Å². The Morgan fingerprint density at radius 1 is 1.64 bits per heavy atom. The smallest absolute Gasteiger partial charge is 0.124 e. The van der Waals surface area contributed by atoms with Crippen LogP contribution in [0.4, 0.5) is 5.82 Å². The van der Waals surface area contributed by atoms with Gasteiger partial charge in [0, 0.05) is 12.1 Å². The van der Waals surface area contributed by atoms with E-state index < -0.39 is 0 Å². The lowest BCUT2D eigenvalue weighted by atomic mass is 10.1. The Balaban J connectivity index is 2.36. The summed E-state index contributed by atoms with van der Waals surface area (Å²) in [5.41, 5.74) is 0. The van der Waals surface area contributed by atoms with Gasteiger partial charge < -0.3 is 5.32 Å². The third kappa shape index (κ3) is 1.00. The van der Waals surface area contributed by atoms with E-state index in [0.29, 0.717) is 12.1 Å². The summed E-state index contributed by atoms with van der Waals surface area (Å²) in [4.78, 5) is 0. The maximum atomic E-state index is 4.23. The van der Waals surface area contributed by atoms with E-state index in [4.69, 9.17) is 0 Å². The van der Waals surface area contributed by atoms with Gasteiger partial charge in [-0.15, -0.1) is 0 Å². The monoisotopic (exact) mass is 151 g/mol. The van der Waals surface area contributed by atoms with Crippen molar-refractivity contribution in [1.29, 1.82) is 0 Å². The average Bonchev–Trinajstić information content (AvgIpc) is 2.34. The largest absolute Gasteiger partial charge is 0.368 e. The Morgan fingerprint density at radius 3 is 3.27 bits per heavy atom. The minimum Gasteiger partial charge on any atom is -0.368 e. The first-order valence-electron chi connectivity index (χ1n) is 4.07. The normalized spacial score (nSPS) is 29.3. The lowest BCUT2D eigenvalue weighted by molar-refractivity contribution is 0.414. The molecule has 1 aliphatic heterocycles. The zero-order valence-corrected chi connectivity index (χ0v) is 6.91. The number of rotatable bonds is 0. The number of fused-ring (bicyclic) bond motifs is 1. The molecular formula is C8H13N3. The van der Waals surface area contributed by atoms with Crippen LogP contribution in [0.3, 0.4) is 0 Å². The molecule has 0 fully saturated rings. The zero-order chi connectivity index (χ0) is 7.84. The highest BCUT2D eigenvalue weighted by Crippen LogP contribution is 2.24. The van der Waals surface area contributed by atoms with Gasteiger partial charge in [0.05, 0.1) is 12.2 Å².